The van der Waals surface area contributed by atoms with Gasteiger partial charge in [-0.25, -0.2) is 4.39 Å². The number of piperidine rings is 1. The number of rotatable bonds is 9. The third kappa shape index (κ3) is 9.22. The van der Waals surface area contributed by atoms with Gasteiger partial charge in [-0.3, -0.25) is 9.69 Å². The second kappa shape index (κ2) is 13.6. The molecule has 6 heteroatoms. The van der Waals surface area contributed by atoms with Crippen LogP contribution in [-0.2, 0) is 6.54 Å². The lowest BCUT2D eigenvalue weighted by molar-refractivity contribution is 0.0918. The molecule has 0 unspecified atom stereocenters. The summed E-state index contributed by atoms with van der Waals surface area (Å²) in [6, 6.07) is 22.0. The molecule has 1 aliphatic rings. The van der Waals surface area contributed by atoms with Crippen molar-refractivity contribution in [2.75, 3.05) is 40.3 Å². The smallest absolute Gasteiger partial charge is 0.251 e. The van der Waals surface area contributed by atoms with E-state index in [1.807, 2.05) is 50.5 Å². The van der Waals surface area contributed by atoms with Gasteiger partial charge in [0, 0.05) is 49.4 Å². The van der Waals surface area contributed by atoms with Crippen molar-refractivity contribution >= 4 is 5.91 Å². The number of carbonyl (C=O) groups is 1. The van der Waals surface area contributed by atoms with E-state index in [9.17, 15) is 9.18 Å². The molecule has 1 saturated heterocycles. The Morgan fingerprint density at radius 1 is 1.00 bits per heavy atom. The van der Waals surface area contributed by atoms with Crippen molar-refractivity contribution in [3.63, 3.8) is 0 Å². The molecule has 4 rings (SSSR count). The van der Waals surface area contributed by atoms with E-state index in [0.717, 1.165) is 55.9 Å². The van der Waals surface area contributed by atoms with Crippen LogP contribution >= 0.6 is 0 Å². The minimum atomic E-state index is -0.256. The Kier molecular flexibility index (Phi) is 9.98. The van der Waals surface area contributed by atoms with Gasteiger partial charge in [0.25, 0.3) is 5.91 Å². The van der Waals surface area contributed by atoms with Gasteiger partial charge in [-0.2, -0.15) is 0 Å². The largest absolute Gasteiger partial charge is 0.490 e. The van der Waals surface area contributed by atoms with Gasteiger partial charge in [0.1, 0.15) is 17.7 Å². The summed E-state index contributed by atoms with van der Waals surface area (Å²) in [5.41, 5.74) is 3.57. The van der Waals surface area contributed by atoms with Gasteiger partial charge in [0.2, 0.25) is 0 Å². The number of likely N-dealkylation sites (tertiary alicyclic amines) is 1. The Balaban J connectivity index is 1.25. The van der Waals surface area contributed by atoms with Crippen LogP contribution in [-0.4, -0.2) is 62.1 Å². The zero-order valence-corrected chi connectivity index (χ0v) is 24.0. The molecule has 1 aliphatic heterocycles. The molecule has 40 heavy (non-hydrogen) atoms. The second-order valence-electron chi connectivity index (χ2n) is 11.7. The Morgan fingerprint density at radius 3 is 2.42 bits per heavy atom. The first-order valence-electron chi connectivity index (χ1n) is 13.9. The highest BCUT2D eigenvalue weighted by Gasteiger charge is 2.22. The molecule has 0 radical (unpaired) electrons. The fraction of sp³-hybridized carbons (Fsp3) is 0.382. The van der Waals surface area contributed by atoms with Crippen molar-refractivity contribution in [3.8, 4) is 17.6 Å². The number of nitrogens with one attached hydrogen (secondary N) is 1. The zero-order chi connectivity index (χ0) is 28.5. The molecular formula is C34H40FN3O2. The van der Waals surface area contributed by atoms with Crippen LogP contribution in [0.2, 0.25) is 0 Å². The topological polar surface area (TPSA) is 44.8 Å². The van der Waals surface area contributed by atoms with Crippen molar-refractivity contribution < 1.29 is 13.9 Å². The average molecular weight is 542 g/mol. The maximum Gasteiger partial charge on any atom is 0.251 e. The molecule has 5 nitrogen and oxygen atoms in total. The van der Waals surface area contributed by atoms with E-state index in [1.54, 1.807) is 12.1 Å². The van der Waals surface area contributed by atoms with E-state index in [1.165, 1.54) is 17.7 Å². The van der Waals surface area contributed by atoms with Crippen molar-refractivity contribution in [2.24, 2.45) is 5.41 Å². The van der Waals surface area contributed by atoms with E-state index < -0.39 is 0 Å². The van der Waals surface area contributed by atoms with Gasteiger partial charge in [0.05, 0.1) is 0 Å². The molecule has 1 fully saturated rings. The van der Waals surface area contributed by atoms with Gasteiger partial charge in [-0.1, -0.05) is 43.9 Å². The Morgan fingerprint density at radius 2 is 1.70 bits per heavy atom. The number of amides is 1. The summed E-state index contributed by atoms with van der Waals surface area (Å²) >= 11 is 0. The van der Waals surface area contributed by atoms with E-state index in [-0.39, 0.29) is 23.2 Å². The summed E-state index contributed by atoms with van der Waals surface area (Å²) in [6.45, 7) is 8.55. The lowest BCUT2D eigenvalue weighted by Gasteiger charge is -2.32. The summed E-state index contributed by atoms with van der Waals surface area (Å²) in [5.74, 6) is 6.70. The standard InChI is InChI=1S/C34H40FN3O2/c1-34(2,25-37(3)4)24-36-33(39)29-9-6-10-32(22-29)40-31-17-19-38(20-18-31)23-28-8-5-7-27(21-28)12-11-26-13-15-30(35)16-14-26/h5-10,13-16,21-22,31H,17-20,23-25H2,1-4H3,(H,36,39). The molecule has 1 amide bonds. The molecule has 0 aromatic heterocycles. The summed E-state index contributed by atoms with van der Waals surface area (Å²) in [7, 11) is 4.09. The molecule has 3 aromatic carbocycles. The van der Waals surface area contributed by atoms with Crippen LogP contribution in [0.5, 0.6) is 5.75 Å². The number of nitrogens with zero attached hydrogens (tertiary/aromatic N) is 2. The van der Waals surface area contributed by atoms with Crippen molar-refractivity contribution in [1.82, 2.24) is 15.1 Å². The van der Waals surface area contributed by atoms with Crippen LogP contribution in [0.25, 0.3) is 0 Å². The van der Waals surface area contributed by atoms with E-state index in [4.69, 9.17) is 4.74 Å². The molecule has 1 heterocycles. The normalized spacial score (nSPS) is 14.4. The van der Waals surface area contributed by atoms with E-state index >= 15 is 0 Å². The number of hydrogen-bond donors (Lipinski definition) is 1. The fourth-order valence-electron chi connectivity index (χ4n) is 5.11. The van der Waals surface area contributed by atoms with Crippen LogP contribution in [0.4, 0.5) is 4.39 Å². The molecule has 0 bridgehead atoms. The summed E-state index contributed by atoms with van der Waals surface area (Å²) in [5, 5.41) is 3.08. The van der Waals surface area contributed by atoms with Gasteiger partial charge in [-0.05, 0) is 92.5 Å². The lowest BCUT2D eigenvalue weighted by atomic mass is 9.93. The first kappa shape index (κ1) is 29.3. The highest BCUT2D eigenvalue weighted by Crippen LogP contribution is 2.22. The van der Waals surface area contributed by atoms with Gasteiger partial charge in [0.15, 0.2) is 0 Å². The highest BCUT2D eigenvalue weighted by atomic mass is 19.1. The lowest BCUT2D eigenvalue weighted by Crippen LogP contribution is -2.40. The first-order chi connectivity index (χ1) is 19.1. The third-order valence-electron chi connectivity index (χ3n) is 6.93. The fourth-order valence-corrected chi connectivity index (χ4v) is 5.11. The van der Waals surface area contributed by atoms with Crippen LogP contribution < -0.4 is 10.1 Å². The Labute approximate surface area is 238 Å². The summed E-state index contributed by atoms with van der Waals surface area (Å²) in [6.07, 6.45) is 1.99. The van der Waals surface area contributed by atoms with Crippen LogP contribution in [0.3, 0.4) is 0 Å². The number of benzene rings is 3. The van der Waals surface area contributed by atoms with Crippen molar-refractivity contribution in [3.05, 3.63) is 101 Å². The number of carbonyl (C=O) groups excluding carboxylic acids is 1. The molecule has 0 atom stereocenters. The SMILES string of the molecule is CN(C)CC(C)(C)CNC(=O)c1cccc(OC2CCN(Cc3cccc(C#Cc4ccc(F)cc4)c3)CC2)c1. The maximum absolute atomic E-state index is 13.1. The second-order valence-corrected chi connectivity index (χ2v) is 11.7. The summed E-state index contributed by atoms with van der Waals surface area (Å²) < 4.78 is 19.4. The minimum Gasteiger partial charge on any atom is -0.490 e. The molecule has 3 aromatic rings. The zero-order valence-electron chi connectivity index (χ0n) is 24.0. The third-order valence-corrected chi connectivity index (χ3v) is 6.93. The average Bonchev–Trinajstić information content (AvgIpc) is 2.92. The number of halogens is 1. The minimum absolute atomic E-state index is 0.0139. The summed E-state index contributed by atoms with van der Waals surface area (Å²) in [4.78, 5) is 17.3. The maximum atomic E-state index is 13.1. The molecule has 0 saturated carbocycles. The number of hydrogen-bond acceptors (Lipinski definition) is 4. The van der Waals surface area contributed by atoms with Crippen LogP contribution in [0, 0.1) is 23.1 Å². The van der Waals surface area contributed by atoms with E-state index in [2.05, 4.69) is 52.9 Å². The molecule has 0 aliphatic carbocycles. The van der Waals surface area contributed by atoms with Gasteiger partial charge < -0.3 is 15.0 Å². The Hall–Kier alpha value is -3.66. The monoisotopic (exact) mass is 541 g/mol. The van der Waals surface area contributed by atoms with Crippen LogP contribution in [0.15, 0.2) is 72.8 Å². The molecule has 1 N–H and O–H groups in total. The van der Waals surface area contributed by atoms with E-state index in [0.29, 0.717) is 12.1 Å². The Bertz CT molecular complexity index is 1330. The van der Waals surface area contributed by atoms with Crippen molar-refractivity contribution in [1.29, 1.82) is 0 Å². The van der Waals surface area contributed by atoms with Crippen LogP contribution in [0.1, 0.15) is 53.7 Å². The first-order valence-corrected chi connectivity index (χ1v) is 13.9. The predicted molar refractivity (Wildman–Crippen MR) is 159 cm³/mol. The van der Waals surface area contributed by atoms with Crippen molar-refractivity contribution in [2.45, 2.75) is 39.3 Å². The molecule has 0 spiro atoms. The predicted octanol–water partition coefficient (Wildman–Crippen LogP) is 5.59. The van der Waals surface area contributed by atoms with Gasteiger partial charge in [-0.15, -0.1) is 0 Å². The highest BCUT2D eigenvalue weighted by molar-refractivity contribution is 5.94. The quantitative estimate of drug-likeness (QED) is 0.359. The number of ether oxygens (including phenoxy) is 1. The van der Waals surface area contributed by atoms with Gasteiger partial charge >= 0.3 is 0 Å². The molecule has 210 valence electrons. The molecular weight excluding hydrogens is 501 g/mol.